The zero-order valence-electron chi connectivity index (χ0n) is 9.47. The van der Waals surface area contributed by atoms with Crippen molar-refractivity contribution < 1.29 is 9.50 Å². The standard InChI is InChI=1S/C13H13FN2O/c1-16(12-4-2-3-11(14)7-12)13-6-5-10(9-17)8-15-13/h2-8,17H,9H2,1H3. The highest BCUT2D eigenvalue weighted by atomic mass is 19.1. The van der Waals surface area contributed by atoms with Crippen molar-refractivity contribution >= 4 is 11.5 Å². The van der Waals surface area contributed by atoms with Crippen LogP contribution in [0.4, 0.5) is 15.9 Å². The van der Waals surface area contributed by atoms with Gasteiger partial charge >= 0.3 is 0 Å². The van der Waals surface area contributed by atoms with Crippen LogP contribution in [-0.2, 0) is 6.61 Å². The lowest BCUT2D eigenvalue weighted by Gasteiger charge is -2.18. The molecular weight excluding hydrogens is 219 g/mol. The first-order chi connectivity index (χ1) is 8.20. The summed E-state index contributed by atoms with van der Waals surface area (Å²) in [6.07, 6.45) is 1.60. The van der Waals surface area contributed by atoms with Crippen LogP contribution in [0.15, 0.2) is 42.6 Å². The van der Waals surface area contributed by atoms with Gasteiger partial charge in [0.05, 0.1) is 6.61 Å². The molecule has 3 nitrogen and oxygen atoms in total. The Labute approximate surface area is 99.2 Å². The molecular formula is C13H13FN2O. The summed E-state index contributed by atoms with van der Waals surface area (Å²) in [4.78, 5) is 5.98. The minimum Gasteiger partial charge on any atom is -0.392 e. The van der Waals surface area contributed by atoms with Crippen LogP contribution in [0.1, 0.15) is 5.56 Å². The lowest BCUT2D eigenvalue weighted by molar-refractivity contribution is 0.281. The third kappa shape index (κ3) is 2.60. The van der Waals surface area contributed by atoms with Crippen molar-refractivity contribution in [1.82, 2.24) is 4.98 Å². The number of halogens is 1. The normalized spacial score (nSPS) is 10.3. The zero-order valence-corrected chi connectivity index (χ0v) is 9.47. The van der Waals surface area contributed by atoms with Crippen LogP contribution in [0, 0.1) is 5.82 Å². The third-order valence-corrected chi connectivity index (χ3v) is 2.53. The molecule has 0 fully saturated rings. The Bertz CT molecular complexity index is 499. The summed E-state index contributed by atoms with van der Waals surface area (Å²) in [5.74, 6) is 0.425. The number of anilines is 2. The molecule has 0 aliphatic rings. The number of rotatable bonds is 3. The average Bonchev–Trinajstić information content (AvgIpc) is 2.38. The van der Waals surface area contributed by atoms with E-state index in [9.17, 15) is 4.39 Å². The number of aliphatic hydroxyl groups excluding tert-OH is 1. The van der Waals surface area contributed by atoms with E-state index >= 15 is 0 Å². The van der Waals surface area contributed by atoms with Crippen LogP contribution in [0.25, 0.3) is 0 Å². The van der Waals surface area contributed by atoms with Gasteiger partial charge in [0.1, 0.15) is 11.6 Å². The zero-order chi connectivity index (χ0) is 12.3. The van der Waals surface area contributed by atoms with Gasteiger partial charge < -0.3 is 10.0 Å². The molecule has 4 heteroatoms. The van der Waals surface area contributed by atoms with Crippen LogP contribution in [0.3, 0.4) is 0 Å². The highest BCUT2D eigenvalue weighted by Gasteiger charge is 2.05. The Morgan fingerprint density at radius 1 is 1.29 bits per heavy atom. The number of pyridine rings is 1. The molecule has 0 spiro atoms. The van der Waals surface area contributed by atoms with Gasteiger partial charge in [-0.1, -0.05) is 12.1 Å². The fourth-order valence-corrected chi connectivity index (χ4v) is 1.53. The molecule has 2 aromatic rings. The van der Waals surface area contributed by atoms with E-state index < -0.39 is 0 Å². The molecule has 0 amide bonds. The van der Waals surface area contributed by atoms with Crippen LogP contribution >= 0.6 is 0 Å². The largest absolute Gasteiger partial charge is 0.392 e. The van der Waals surface area contributed by atoms with Crippen LogP contribution in [0.2, 0.25) is 0 Å². The number of aromatic nitrogens is 1. The maximum absolute atomic E-state index is 13.1. The highest BCUT2D eigenvalue weighted by Crippen LogP contribution is 2.22. The van der Waals surface area contributed by atoms with Crippen LogP contribution in [-0.4, -0.2) is 17.1 Å². The fourth-order valence-electron chi connectivity index (χ4n) is 1.53. The van der Waals surface area contributed by atoms with Crippen LogP contribution in [0.5, 0.6) is 0 Å². The Balaban J connectivity index is 2.27. The molecule has 0 radical (unpaired) electrons. The van der Waals surface area contributed by atoms with Gasteiger partial charge in [0.25, 0.3) is 0 Å². The van der Waals surface area contributed by atoms with Gasteiger partial charge in [-0.05, 0) is 29.8 Å². The van der Waals surface area contributed by atoms with E-state index in [0.717, 1.165) is 11.3 Å². The van der Waals surface area contributed by atoms with E-state index in [1.165, 1.54) is 12.1 Å². The second kappa shape index (κ2) is 4.93. The summed E-state index contributed by atoms with van der Waals surface area (Å²) >= 11 is 0. The van der Waals surface area contributed by atoms with E-state index in [1.807, 2.05) is 13.1 Å². The molecule has 0 saturated heterocycles. The van der Waals surface area contributed by atoms with Gasteiger partial charge in [-0.25, -0.2) is 9.37 Å². The molecule has 0 saturated carbocycles. The van der Waals surface area contributed by atoms with Crippen molar-refractivity contribution in [1.29, 1.82) is 0 Å². The lowest BCUT2D eigenvalue weighted by atomic mass is 10.2. The van der Waals surface area contributed by atoms with Crippen molar-refractivity contribution in [3.8, 4) is 0 Å². The summed E-state index contributed by atoms with van der Waals surface area (Å²) in [5, 5.41) is 8.92. The second-order valence-corrected chi connectivity index (χ2v) is 3.72. The fraction of sp³-hybridized carbons (Fsp3) is 0.154. The number of hydrogen-bond acceptors (Lipinski definition) is 3. The molecule has 0 atom stereocenters. The smallest absolute Gasteiger partial charge is 0.132 e. The minimum absolute atomic E-state index is 0.0308. The summed E-state index contributed by atoms with van der Waals surface area (Å²) < 4.78 is 13.1. The molecule has 0 aliphatic carbocycles. The number of benzene rings is 1. The van der Waals surface area contributed by atoms with Gasteiger partial charge in [-0.3, -0.25) is 0 Å². The molecule has 17 heavy (non-hydrogen) atoms. The second-order valence-electron chi connectivity index (χ2n) is 3.72. The first-order valence-corrected chi connectivity index (χ1v) is 5.26. The first kappa shape index (κ1) is 11.5. The molecule has 0 bridgehead atoms. The Hall–Kier alpha value is -1.94. The molecule has 0 unspecified atom stereocenters. The molecule has 1 N–H and O–H groups in total. The molecule has 1 aromatic heterocycles. The number of nitrogens with zero attached hydrogens (tertiary/aromatic N) is 2. The molecule has 1 heterocycles. The van der Waals surface area contributed by atoms with Gasteiger partial charge in [-0.2, -0.15) is 0 Å². The topological polar surface area (TPSA) is 36.4 Å². The molecule has 0 aliphatic heterocycles. The Morgan fingerprint density at radius 3 is 2.71 bits per heavy atom. The molecule has 88 valence electrons. The van der Waals surface area contributed by atoms with Crippen molar-refractivity contribution in [2.24, 2.45) is 0 Å². The first-order valence-electron chi connectivity index (χ1n) is 5.26. The van der Waals surface area contributed by atoms with Gasteiger partial charge in [0.2, 0.25) is 0 Å². The monoisotopic (exact) mass is 232 g/mol. The third-order valence-electron chi connectivity index (χ3n) is 2.53. The van der Waals surface area contributed by atoms with E-state index in [0.29, 0.717) is 5.82 Å². The van der Waals surface area contributed by atoms with Crippen molar-refractivity contribution in [3.05, 3.63) is 54.0 Å². The van der Waals surface area contributed by atoms with Crippen molar-refractivity contribution in [2.75, 3.05) is 11.9 Å². The maximum atomic E-state index is 13.1. The van der Waals surface area contributed by atoms with Crippen molar-refractivity contribution in [2.45, 2.75) is 6.61 Å². The molecule has 1 aromatic carbocycles. The minimum atomic E-state index is -0.277. The van der Waals surface area contributed by atoms with E-state index in [1.54, 1.807) is 29.3 Å². The summed E-state index contributed by atoms with van der Waals surface area (Å²) in [7, 11) is 1.82. The van der Waals surface area contributed by atoms with Gasteiger partial charge in [-0.15, -0.1) is 0 Å². The van der Waals surface area contributed by atoms with E-state index in [4.69, 9.17) is 5.11 Å². The predicted molar refractivity (Wildman–Crippen MR) is 64.6 cm³/mol. The maximum Gasteiger partial charge on any atom is 0.132 e. The van der Waals surface area contributed by atoms with Gasteiger partial charge in [0.15, 0.2) is 0 Å². The lowest BCUT2D eigenvalue weighted by Crippen LogP contribution is -2.11. The van der Waals surface area contributed by atoms with E-state index in [-0.39, 0.29) is 12.4 Å². The van der Waals surface area contributed by atoms with Gasteiger partial charge in [0, 0.05) is 18.9 Å². The Morgan fingerprint density at radius 2 is 2.12 bits per heavy atom. The van der Waals surface area contributed by atoms with Crippen LogP contribution < -0.4 is 4.90 Å². The summed E-state index contributed by atoms with van der Waals surface area (Å²) in [6, 6.07) is 9.89. The SMILES string of the molecule is CN(c1cccc(F)c1)c1ccc(CO)cn1. The average molecular weight is 232 g/mol. The number of hydrogen-bond donors (Lipinski definition) is 1. The van der Waals surface area contributed by atoms with E-state index in [2.05, 4.69) is 4.98 Å². The predicted octanol–water partition coefficient (Wildman–Crippen LogP) is 2.48. The quantitative estimate of drug-likeness (QED) is 0.883. The van der Waals surface area contributed by atoms with Crippen molar-refractivity contribution in [3.63, 3.8) is 0 Å². The molecule has 2 rings (SSSR count). The number of aliphatic hydroxyl groups is 1. The summed E-state index contributed by atoms with van der Waals surface area (Å²) in [6.45, 7) is -0.0308. The Kier molecular flexibility index (Phi) is 3.35. The summed E-state index contributed by atoms with van der Waals surface area (Å²) in [5.41, 5.74) is 1.48. The highest BCUT2D eigenvalue weighted by molar-refractivity contribution is 5.58.